The first-order chi connectivity index (χ1) is 12.0. The minimum atomic E-state index is 0.519. The molecule has 0 saturated heterocycles. The second-order valence-electron chi connectivity index (χ2n) is 5.08. The summed E-state index contributed by atoms with van der Waals surface area (Å²) in [5.74, 6) is 1.49. The van der Waals surface area contributed by atoms with Crippen LogP contribution in [0.1, 0.15) is 19.4 Å². The van der Waals surface area contributed by atoms with Crippen LogP contribution >= 0.6 is 39.7 Å². The highest BCUT2D eigenvalue weighted by molar-refractivity contribution is 9.10. The van der Waals surface area contributed by atoms with Gasteiger partial charge in [-0.1, -0.05) is 17.7 Å². The monoisotopic (exact) mass is 442 g/mol. The predicted molar refractivity (Wildman–Crippen MR) is 111 cm³/mol. The molecule has 0 aliphatic rings. The van der Waals surface area contributed by atoms with Crippen molar-refractivity contribution in [1.29, 1.82) is 0 Å². The first kappa shape index (κ1) is 19.8. The van der Waals surface area contributed by atoms with E-state index in [1.165, 1.54) is 0 Å². The summed E-state index contributed by atoms with van der Waals surface area (Å²) in [7, 11) is 0. The molecule has 7 heteroatoms. The molecule has 0 bridgehead atoms. The van der Waals surface area contributed by atoms with Crippen molar-refractivity contribution in [3.8, 4) is 11.5 Å². The molecule has 25 heavy (non-hydrogen) atoms. The Balaban J connectivity index is 1.96. The molecule has 0 fully saturated rings. The van der Waals surface area contributed by atoms with Gasteiger partial charge in [0.05, 0.1) is 18.2 Å². The van der Waals surface area contributed by atoms with E-state index in [1.807, 2.05) is 50.2 Å². The standard InChI is InChI=1S/C18H20BrClN2O2S/c1-3-23-16-8-5-12(9-17(16)24-4-2)11-21-18(25)22-13-6-7-14(19)15(20)10-13/h5-10H,3-4,11H2,1-2H3,(H2,21,22,25). The number of hydrogen-bond acceptors (Lipinski definition) is 3. The lowest BCUT2D eigenvalue weighted by molar-refractivity contribution is 0.287. The number of anilines is 1. The van der Waals surface area contributed by atoms with Crippen molar-refractivity contribution in [2.75, 3.05) is 18.5 Å². The van der Waals surface area contributed by atoms with Crippen molar-refractivity contribution in [1.82, 2.24) is 5.32 Å². The summed E-state index contributed by atoms with van der Waals surface area (Å²) in [6.45, 7) is 5.65. The average Bonchev–Trinajstić information content (AvgIpc) is 2.59. The van der Waals surface area contributed by atoms with E-state index in [1.54, 1.807) is 0 Å². The molecule has 0 atom stereocenters. The van der Waals surface area contributed by atoms with E-state index in [4.69, 9.17) is 33.3 Å². The Morgan fingerprint density at radius 2 is 1.80 bits per heavy atom. The lowest BCUT2D eigenvalue weighted by Gasteiger charge is -2.14. The SMILES string of the molecule is CCOc1ccc(CNC(=S)Nc2ccc(Br)c(Cl)c2)cc1OCC. The highest BCUT2D eigenvalue weighted by atomic mass is 79.9. The van der Waals surface area contributed by atoms with Gasteiger partial charge >= 0.3 is 0 Å². The molecule has 0 heterocycles. The number of rotatable bonds is 7. The minimum Gasteiger partial charge on any atom is -0.490 e. The van der Waals surface area contributed by atoms with Crippen molar-refractivity contribution in [2.45, 2.75) is 20.4 Å². The summed E-state index contributed by atoms with van der Waals surface area (Å²) in [6.07, 6.45) is 0. The van der Waals surface area contributed by atoms with Gasteiger partial charge in [-0.25, -0.2) is 0 Å². The number of halogens is 2. The Morgan fingerprint density at radius 1 is 1.08 bits per heavy atom. The fourth-order valence-electron chi connectivity index (χ4n) is 2.14. The van der Waals surface area contributed by atoms with Crippen LogP contribution in [-0.4, -0.2) is 18.3 Å². The third-order valence-corrected chi connectivity index (χ3v) is 4.72. The summed E-state index contributed by atoms with van der Waals surface area (Å²) in [4.78, 5) is 0. The highest BCUT2D eigenvalue weighted by Gasteiger charge is 2.07. The van der Waals surface area contributed by atoms with Crippen LogP contribution in [-0.2, 0) is 6.54 Å². The minimum absolute atomic E-state index is 0.519. The smallest absolute Gasteiger partial charge is 0.171 e. The molecule has 2 aromatic carbocycles. The summed E-state index contributed by atoms with van der Waals surface area (Å²) >= 11 is 14.8. The Bertz CT molecular complexity index is 743. The van der Waals surface area contributed by atoms with Gasteiger partial charge in [0, 0.05) is 16.7 Å². The second kappa shape index (κ2) is 9.85. The fraction of sp³-hybridized carbons (Fsp3) is 0.278. The molecule has 2 aromatic rings. The number of hydrogen-bond donors (Lipinski definition) is 2. The fourth-order valence-corrected chi connectivity index (χ4v) is 2.75. The van der Waals surface area contributed by atoms with Crippen molar-refractivity contribution in [2.24, 2.45) is 0 Å². The van der Waals surface area contributed by atoms with Gasteiger partial charge in [0.1, 0.15) is 0 Å². The Labute approximate surface area is 167 Å². The molecule has 0 aliphatic heterocycles. The van der Waals surface area contributed by atoms with Crippen LogP contribution in [0.3, 0.4) is 0 Å². The van der Waals surface area contributed by atoms with Gasteiger partial charge in [0.25, 0.3) is 0 Å². The largest absolute Gasteiger partial charge is 0.490 e. The Kier molecular flexibility index (Phi) is 7.81. The average molecular weight is 444 g/mol. The first-order valence-electron chi connectivity index (χ1n) is 7.92. The van der Waals surface area contributed by atoms with Crippen molar-refractivity contribution in [3.63, 3.8) is 0 Å². The van der Waals surface area contributed by atoms with Gasteiger partial charge in [-0.15, -0.1) is 0 Å². The maximum atomic E-state index is 6.08. The van der Waals surface area contributed by atoms with E-state index in [0.29, 0.717) is 29.9 Å². The normalized spacial score (nSPS) is 10.2. The van der Waals surface area contributed by atoms with Crippen LogP contribution in [0.2, 0.25) is 5.02 Å². The molecule has 2 N–H and O–H groups in total. The van der Waals surface area contributed by atoms with E-state index < -0.39 is 0 Å². The van der Waals surface area contributed by atoms with Gasteiger partial charge in [0.2, 0.25) is 0 Å². The van der Waals surface area contributed by atoms with Crippen LogP contribution in [0.25, 0.3) is 0 Å². The topological polar surface area (TPSA) is 42.5 Å². The predicted octanol–water partition coefficient (Wildman–Crippen LogP) is 5.39. The molecule has 0 radical (unpaired) electrons. The highest BCUT2D eigenvalue weighted by Crippen LogP contribution is 2.28. The van der Waals surface area contributed by atoms with Crippen LogP contribution in [0, 0.1) is 0 Å². The van der Waals surface area contributed by atoms with Gasteiger partial charge in [-0.05, 0) is 77.9 Å². The van der Waals surface area contributed by atoms with Crippen LogP contribution in [0.15, 0.2) is 40.9 Å². The zero-order valence-corrected chi connectivity index (χ0v) is 17.2. The molecular formula is C18H20BrClN2O2S. The van der Waals surface area contributed by atoms with E-state index in [0.717, 1.165) is 27.2 Å². The third-order valence-electron chi connectivity index (χ3n) is 3.24. The van der Waals surface area contributed by atoms with E-state index >= 15 is 0 Å². The molecular weight excluding hydrogens is 424 g/mol. The van der Waals surface area contributed by atoms with E-state index in [2.05, 4.69) is 26.6 Å². The van der Waals surface area contributed by atoms with Gasteiger partial charge in [-0.3, -0.25) is 0 Å². The van der Waals surface area contributed by atoms with Crippen LogP contribution in [0.4, 0.5) is 5.69 Å². The summed E-state index contributed by atoms with van der Waals surface area (Å²) in [5, 5.41) is 7.43. The number of nitrogens with one attached hydrogen (secondary N) is 2. The van der Waals surface area contributed by atoms with E-state index in [-0.39, 0.29) is 0 Å². The molecule has 0 aromatic heterocycles. The Hall–Kier alpha value is -1.50. The molecule has 0 unspecified atom stereocenters. The summed E-state index contributed by atoms with van der Waals surface area (Å²) < 4.78 is 12.1. The quantitative estimate of drug-likeness (QED) is 0.562. The summed E-state index contributed by atoms with van der Waals surface area (Å²) in [5.41, 5.74) is 1.87. The van der Waals surface area contributed by atoms with Gasteiger partial charge < -0.3 is 20.1 Å². The molecule has 0 aliphatic carbocycles. The molecule has 134 valence electrons. The van der Waals surface area contributed by atoms with E-state index in [9.17, 15) is 0 Å². The maximum Gasteiger partial charge on any atom is 0.171 e. The zero-order valence-electron chi connectivity index (χ0n) is 14.1. The number of ether oxygens (including phenoxy) is 2. The Morgan fingerprint density at radius 3 is 2.48 bits per heavy atom. The molecule has 0 amide bonds. The van der Waals surface area contributed by atoms with Gasteiger partial charge in [0.15, 0.2) is 16.6 Å². The summed E-state index contributed by atoms with van der Waals surface area (Å²) in [6, 6.07) is 11.4. The van der Waals surface area contributed by atoms with Crippen LogP contribution < -0.4 is 20.1 Å². The lowest BCUT2D eigenvalue weighted by atomic mass is 10.2. The number of benzene rings is 2. The third kappa shape index (κ3) is 6.06. The zero-order chi connectivity index (χ0) is 18.2. The molecule has 0 saturated carbocycles. The van der Waals surface area contributed by atoms with Crippen molar-refractivity contribution >= 4 is 50.5 Å². The molecule has 4 nitrogen and oxygen atoms in total. The van der Waals surface area contributed by atoms with Crippen molar-refractivity contribution < 1.29 is 9.47 Å². The number of thiocarbonyl (C=S) groups is 1. The lowest BCUT2D eigenvalue weighted by Crippen LogP contribution is -2.27. The maximum absolute atomic E-state index is 6.08. The second-order valence-corrected chi connectivity index (χ2v) is 6.75. The van der Waals surface area contributed by atoms with Crippen molar-refractivity contribution in [3.05, 3.63) is 51.5 Å². The molecule has 0 spiro atoms. The van der Waals surface area contributed by atoms with Crippen LogP contribution in [0.5, 0.6) is 11.5 Å². The first-order valence-corrected chi connectivity index (χ1v) is 9.49. The van der Waals surface area contributed by atoms with Gasteiger partial charge in [-0.2, -0.15) is 0 Å². The molecule has 2 rings (SSSR count).